The summed E-state index contributed by atoms with van der Waals surface area (Å²) in [4.78, 5) is 18.4. The topological polar surface area (TPSA) is 68.5 Å². The molecule has 6 heteroatoms. The van der Waals surface area contributed by atoms with Gasteiger partial charge in [0.15, 0.2) is 0 Å². The lowest BCUT2D eigenvalue weighted by atomic mass is 10.1. The molecule has 5 nitrogen and oxygen atoms in total. The van der Waals surface area contributed by atoms with Crippen molar-refractivity contribution in [2.75, 3.05) is 19.7 Å². The zero-order valence-corrected chi connectivity index (χ0v) is 12.6. The van der Waals surface area contributed by atoms with E-state index in [1.807, 2.05) is 11.8 Å². The molecule has 0 saturated carbocycles. The van der Waals surface area contributed by atoms with Gasteiger partial charge in [-0.25, -0.2) is 0 Å². The van der Waals surface area contributed by atoms with E-state index >= 15 is 0 Å². The second-order valence-electron chi connectivity index (χ2n) is 4.72. The Bertz CT molecular complexity index is 436. The number of rotatable bonds is 5. The van der Waals surface area contributed by atoms with Gasteiger partial charge in [0.1, 0.15) is 0 Å². The van der Waals surface area contributed by atoms with Gasteiger partial charge in [-0.15, -0.1) is 12.4 Å². The minimum Gasteiger partial charge on any atom is -0.376 e. The molecule has 1 aromatic heterocycles. The first-order valence-corrected chi connectivity index (χ1v) is 6.80. The van der Waals surface area contributed by atoms with E-state index in [-0.39, 0.29) is 24.4 Å². The number of nitrogens with two attached hydrogens (primary N) is 1. The molecule has 2 N–H and O–H groups in total. The van der Waals surface area contributed by atoms with E-state index < -0.39 is 0 Å². The molecule has 0 radical (unpaired) electrons. The van der Waals surface area contributed by atoms with Crippen molar-refractivity contribution in [1.29, 1.82) is 0 Å². The lowest BCUT2D eigenvalue weighted by Gasteiger charge is -2.24. The Morgan fingerprint density at radius 2 is 2.40 bits per heavy atom. The van der Waals surface area contributed by atoms with Crippen LogP contribution in [0.15, 0.2) is 18.3 Å². The zero-order valence-electron chi connectivity index (χ0n) is 11.7. The Hall–Kier alpha value is -1.17. The summed E-state index contributed by atoms with van der Waals surface area (Å²) in [5, 5.41) is 0. The number of hydrogen-bond donors (Lipinski definition) is 1. The fourth-order valence-corrected chi connectivity index (χ4v) is 2.30. The molecule has 0 bridgehead atoms. The zero-order chi connectivity index (χ0) is 13.7. The quantitative estimate of drug-likeness (QED) is 0.897. The molecule has 1 amide bonds. The van der Waals surface area contributed by atoms with Gasteiger partial charge in [-0.2, -0.15) is 0 Å². The van der Waals surface area contributed by atoms with Crippen molar-refractivity contribution in [2.24, 2.45) is 5.73 Å². The van der Waals surface area contributed by atoms with Crippen molar-refractivity contribution in [2.45, 2.75) is 32.4 Å². The van der Waals surface area contributed by atoms with Crippen molar-refractivity contribution in [1.82, 2.24) is 9.88 Å². The number of carbonyl (C=O) groups is 1. The van der Waals surface area contributed by atoms with Crippen LogP contribution in [0.2, 0.25) is 0 Å². The lowest BCUT2D eigenvalue weighted by Crippen LogP contribution is -2.37. The van der Waals surface area contributed by atoms with Crippen molar-refractivity contribution >= 4 is 18.3 Å². The second-order valence-corrected chi connectivity index (χ2v) is 4.72. The first-order chi connectivity index (χ1) is 9.24. The van der Waals surface area contributed by atoms with E-state index in [1.54, 1.807) is 18.3 Å². The monoisotopic (exact) mass is 299 g/mol. The van der Waals surface area contributed by atoms with E-state index in [0.29, 0.717) is 25.2 Å². The van der Waals surface area contributed by atoms with Crippen LogP contribution in [0.4, 0.5) is 0 Å². The van der Waals surface area contributed by atoms with Crippen molar-refractivity contribution in [3.05, 3.63) is 29.6 Å². The average Bonchev–Trinajstić information content (AvgIpc) is 2.97. The van der Waals surface area contributed by atoms with E-state index in [1.165, 1.54) is 0 Å². The standard InChI is InChI=1S/C14H21N3O2.ClH/c1-2-17(10-13-4-3-7-19-13)14(18)11-5-6-16-12(8-11)9-15;/h5-6,8,13H,2-4,7,9-10,15H2,1H3;1H. The molecule has 1 aliphatic rings. The Labute approximate surface area is 125 Å². The summed E-state index contributed by atoms with van der Waals surface area (Å²) in [5.41, 5.74) is 6.94. The van der Waals surface area contributed by atoms with Crippen LogP contribution < -0.4 is 5.73 Å². The van der Waals surface area contributed by atoms with Crippen LogP contribution in [-0.4, -0.2) is 41.6 Å². The summed E-state index contributed by atoms with van der Waals surface area (Å²) in [6.07, 6.45) is 3.94. The normalized spacial score (nSPS) is 17.6. The van der Waals surface area contributed by atoms with E-state index in [4.69, 9.17) is 10.5 Å². The summed E-state index contributed by atoms with van der Waals surface area (Å²) in [6, 6.07) is 3.50. The minimum absolute atomic E-state index is 0. The Balaban J connectivity index is 0.00000200. The molecular formula is C14H22ClN3O2. The molecule has 2 heterocycles. The fraction of sp³-hybridized carbons (Fsp3) is 0.571. The minimum atomic E-state index is 0. The summed E-state index contributed by atoms with van der Waals surface area (Å²) < 4.78 is 5.59. The SMILES string of the molecule is CCN(CC1CCCO1)C(=O)c1ccnc(CN)c1.Cl. The third-order valence-corrected chi connectivity index (χ3v) is 3.39. The number of halogens is 1. The first-order valence-electron chi connectivity index (χ1n) is 6.80. The molecule has 0 aliphatic carbocycles. The molecule has 1 unspecified atom stereocenters. The molecule has 1 aromatic rings. The Morgan fingerprint density at radius 3 is 3.00 bits per heavy atom. The molecular weight excluding hydrogens is 278 g/mol. The number of ether oxygens (including phenoxy) is 1. The van der Waals surface area contributed by atoms with Crippen LogP contribution >= 0.6 is 12.4 Å². The Kier molecular flexibility index (Phi) is 6.91. The van der Waals surface area contributed by atoms with E-state index in [0.717, 1.165) is 25.1 Å². The highest BCUT2D eigenvalue weighted by Crippen LogP contribution is 2.15. The van der Waals surface area contributed by atoms with Crippen molar-refractivity contribution < 1.29 is 9.53 Å². The number of nitrogens with zero attached hydrogens (tertiary/aromatic N) is 2. The highest BCUT2D eigenvalue weighted by Gasteiger charge is 2.22. The van der Waals surface area contributed by atoms with Gasteiger partial charge in [-0.3, -0.25) is 9.78 Å². The van der Waals surface area contributed by atoms with Gasteiger partial charge in [0, 0.05) is 38.0 Å². The summed E-state index contributed by atoms with van der Waals surface area (Å²) in [5.74, 6) is 0.0232. The van der Waals surface area contributed by atoms with Gasteiger partial charge in [-0.05, 0) is 31.9 Å². The molecule has 1 fully saturated rings. The largest absolute Gasteiger partial charge is 0.376 e. The summed E-state index contributed by atoms with van der Waals surface area (Å²) in [6.45, 7) is 4.48. The molecule has 0 aromatic carbocycles. The predicted molar refractivity (Wildman–Crippen MR) is 79.9 cm³/mol. The van der Waals surface area contributed by atoms with Gasteiger partial charge < -0.3 is 15.4 Å². The molecule has 2 rings (SSSR count). The van der Waals surface area contributed by atoms with E-state index in [9.17, 15) is 4.79 Å². The van der Waals surface area contributed by atoms with Crippen LogP contribution in [0.25, 0.3) is 0 Å². The van der Waals surface area contributed by atoms with Crippen LogP contribution in [0.1, 0.15) is 35.8 Å². The molecule has 1 atom stereocenters. The van der Waals surface area contributed by atoms with E-state index in [2.05, 4.69) is 4.98 Å². The smallest absolute Gasteiger partial charge is 0.254 e. The number of pyridine rings is 1. The van der Waals surface area contributed by atoms with Crippen LogP contribution in [0.3, 0.4) is 0 Å². The Morgan fingerprint density at radius 1 is 1.60 bits per heavy atom. The maximum Gasteiger partial charge on any atom is 0.254 e. The molecule has 112 valence electrons. The number of aromatic nitrogens is 1. The van der Waals surface area contributed by atoms with Gasteiger partial charge >= 0.3 is 0 Å². The summed E-state index contributed by atoms with van der Waals surface area (Å²) in [7, 11) is 0. The number of amides is 1. The maximum absolute atomic E-state index is 12.4. The fourth-order valence-electron chi connectivity index (χ4n) is 2.30. The highest BCUT2D eigenvalue weighted by atomic mass is 35.5. The van der Waals surface area contributed by atoms with Gasteiger partial charge in [0.25, 0.3) is 5.91 Å². The average molecular weight is 300 g/mol. The van der Waals surface area contributed by atoms with Gasteiger partial charge in [-0.1, -0.05) is 0 Å². The number of likely N-dealkylation sites (N-methyl/N-ethyl adjacent to an activating group) is 1. The molecule has 0 spiro atoms. The maximum atomic E-state index is 12.4. The summed E-state index contributed by atoms with van der Waals surface area (Å²) >= 11 is 0. The van der Waals surface area contributed by atoms with Crippen LogP contribution in [0, 0.1) is 0 Å². The van der Waals surface area contributed by atoms with Crippen LogP contribution in [-0.2, 0) is 11.3 Å². The highest BCUT2D eigenvalue weighted by molar-refractivity contribution is 5.94. The van der Waals surface area contributed by atoms with Gasteiger partial charge in [0.2, 0.25) is 0 Å². The number of hydrogen-bond acceptors (Lipinski definition) is 4. The predicted octanol–water partition coefficient (Wildman–Crippen LogP) is 1.60. The second kappa shape index (κ2) is 8.19. The molecule has 20 heavy (non-hydrogen) atoms. The third kappa shape index (κ3) is 4.16. The third-order valence-electron chi connectivity index (χ3n) is 3.39. The lowest BCUT2D eigenvalue weighted by molar-refractivity contribution is 0.0539. The number of carbonyl (C=O) groups excluding carboxylic acids is 1. The molecule has 1 aliphatic heterocycles. The van der Waals surface area contributed by atoms with Crippen molar-refractivity contribution in [3.8, 4) is 0 Å². The first kappa shape index (κ1) is 16.9. The molecule has 1 saturated heterocycles. The van der Waals surface area contributed by atoms with Crippen LogP contribution in [0.5, 0.6) is 0 Å². The van der Waals surface area contributed by atoms with Crippen molar-refractivity contribution in [3.63, 3.8) is 0 Å². The van der Waals surface area contributed by atoms with Gasteiger partial charge in [0.05, 0.1) is 11.8 Å².